The van der Waals surface area contributed by atoms with Crippen LogP contribution >= 0.6 is 11.8 Å². The number of aromatic nitrogens is 1. The number of pyridine rings is 1. The van der Waals surface area contributed by atoms with E-state index in [1.807, 2.05) is 35.2 Å². The van der Waals surface area contributed by atoms with Crippen molar-refractivity contribution in [3.63, 3.8) is 0 Å². The van der Waals surface area contributed by atoms with Crippen LogP contribution in [0.4, 0.5) is 24.5 Å². The fourth-order valence-corrected chi connectivity index (χ4v) is 4.76. The topological polar surface area (TPSA) is 48.5 Å². The lowest BCUT2D eigenvalue weighted by Crippen LogP contribution is -2.46. The molecule has 1 aliphatic rings. The van der Waals surface area contributed by atoms with Crippen molar-refractivity contribution >= 4 is 39.9 Å². The van der Waals surface area contributed by atoms with Gasteiger partial charge in [0.1, 0.15) is 0 Å². The van der Waals surface area contributed by atoms with E-state index < -0.39 is 11.7 Å². The lowest BCUT2D eigenvalue weighted by Gasteiger charge is -2.36. The van der Waals surface area contributed by atoms with Gasteiger partial charge in [-0.25, -0.2) is 0 Å². The Balaban J connectivity index is 1.52. The monoisotopic (exact) mass is 474 g/mol. The third-order valence-electron chi connectivity index (χ3n) is 5.71. The zero-order chi connectivity index (χ0) is 23.4. The Morgan fingerprint density at radius 2 is 1.85 bits per heavy atom. The smallest absolute Gasteiger partial charge is 0.367 e. The first kappa shape index (κ1) is 23.4. The molecule has 1 fully saturated rings. The lowest BCUT2D eigenvalue weighted by atomic mass is 10.1. The summed E-state index contributed by atoms with van der Waals surface area (Å²) in [6, 6.07) is 13.1. The molecule has 0 atom stereocenters. The minimum absolute atomic E-state index is 0.0645. The van der Waals surface area contributed by atoms with Gasteiger partial charge in [0.25, 0.3) is 0 Å². The van der Waals surface area contributed by atoms with Gasteiger partial charge in [-0.05, 0) is 36.9 Å². The zero-order valence-electron chi connectivity index (χ0n) is 18.2. The number of alkyl halides is 3. The third kappa shape index (κ3) is 5.59. The number of para-hydroxylation sites is 1. The van der Waals surface area contributed by atoms with Gasteiger partial charge in [-0.1, -0.05) is 25.1 Å². The second-order valence-electron chi connectivity index (χ2n) is 7.82. The average molecular weight is 475 g/mol. The molecule has 0 spiro atoms. The summed E-state index contributed by atoms with van der Waals surface area (Å²) < 4.78 is 40.1. The minimum Gasteiger partial charge on any atom is -0.367 e. The van der Waals surface area contributed by atoms with Gasteiger partial charge in [-0.2, -0.15) is 13.2 Å². The molecule has 9 heteroatoms. The number of carbonyl (C=O) groups excluding carboxylic acids is 1. The zero-order valence-corrected chi connectivity index (χ0v) is 19.0. The summed E-state index contributed by atoms with van der Waals surface area (Å²) in [4.78, 5) is 22.3. The summed E-state index contributed by atoms with van der Waals surface area (Å²) in [6.45, 7) is 6.06. The fourth-order valence-electron chi connectivity index (χ4n) is 3.92. The molecule has 1 saturated heterocycles. The van der Waals surface area contributed by atoms with Gasteiger partial charge in [0.15, 0.2) is 0 Å². The van der Waals surface area contributed by atoms with Gasteiger partial charge >= 0.3 is 6.18 Å². The van der Waals surface area contributed by atoms with Crippen LogP contribution < -0.4 is 10.2 Å². The van der Waals surface area contributed by atoms with Crippen molar-refractivity contribution in [3.8, 4) is 0 Å². The van der Waals surface area contributed by atoms with Crippen LogP contribution in [0, 0.1) is 0 Å². The molecule has 1 amide bonds. The molecule has 3 aromatic rings. The normalized spacial score (nSPS) is 15.1. The molecule has 33 heavy (non-hydrogen) atoms. The number of hydrogen-bond acceptors (Lipinski definition) is 5. The number of carbonyl (C=O) groups is 1. The quantitative estimate of drug-likeness (QED) is 0.502. The van der Waals surface area contributed by atoms with Gasteiger partial charge in [0, 0.05) is 42.7 Å². The van der Waals surface area contributed by atoms with E-state index in [2.05, 4.69) is 22.1 Å². The Bertz CT molecular complexity index is 1120. The second-order valence-corrected chi connectivity index (χ2v) is 8.84. The number of nitrogens with zero attached hydrogens (tertiary/aromatic N) is 3. The third-order valence-corrected chi connectivity index (χ3v) is 6.76. The molecule has 174 valence electrons. The van der Waals surface area contributed by atoms with Crippen LogP contribution in [0.1, 0.15) is 12.5 Å². The number of benzene rings is 2. The van der Waals surface area contributed by atoms with Crippen molar-refractivity contribution < 1.29 is 18.0 Å². The molecule has 0 saturated carbocycles. The number of amides is 1. The first-order chi connectivity index (χ1) is 15.8. The van der Waals surface area contributed by atoms with Crippen LogP contribution in [0.25, 0.3) is 10.9 Å². The van der Waals surface area contributed by atoms with E-state index in [1.165, 1.54) is 17.8 Å². The van der Waals surface area contributed by atoms with Crippen LogP contribution in [0.15, 0.2) is 59.6 Å². The summed E-state index contributed by atoms with van der Waals surface area (Å²) in [6.07, 6.45) is -2.79. The van der Waals surface area contributed by atoms with E-state index in [0.717, 1.165) is 47.6 Å². The van der Waals surface area contributed by atoms with Gasteiger partial charge in [-0.15, -0.1) is 11.8 Å². The van der Waals surface area contributed by atoms with E-state index in [4.69, 9.17) is 0 Å². The van der Waals surface area contributed by atoms with Gasteiger partial charge in [0.2, 0.25) is 5.91 Å². The predicted octanol–water partition coefficient (Wildman–Crippen LogP) is 5.13. The van der Waals surface area contributed by atoms with Gasteiger partial charge < -0.3 is 15.1 Å². The molecule has 5 nitrogen and oxygen atoms in total. The SMILES string of the molecule is CCN1CCN(c2ccc(C(F)(F)F)cc2NC(=O)CSc2cccc3cccnc23)CC1. The van der Waals surface area contributed by atoms with Crippen LogP contribution in [0.2, 0.25) is 0 Å². The molecule has 2 aromatic carbocycles. The summed E-state index contributed by atoms with van der Waals surface area (Å²) in [7, 11) is 0. The first-order valence-electron chi connectivity index (χ1n) is 10.8. The van der Waals surface area contributed by atoms with Crippen molar-refractivity contribution in [2.75, 3.05) is 48.7 Å². The maximum Gasteiger partial charge on any atom is 0.416 e. The molecule has 0 bridgehead atoms. The first-order valence-corrected chi connectivity index (χ1v) is 11.8. The predicted molar refractivity (Wildman–Crippen MR) is 127 cm³/mol. The summed E-state index contributed by atoms with van der Waals surface area (Å²) in [5.74, 6) is -0.296. The number of halogens is 3. The van der Waals surface area contributed by atoms with E-state index in [1.54, 1.807) is 6.20 Å². The highest BCUT2D eigenvalue weighted by Crippen LogP contribution is 2.36. The van der Waals surface area contributed by atoms with Crippen LogP contribution in [0.3, 0.4) is 0 Å². The summed E-state index contributed by atoms with van der Waals surface area (Å²) >= 11 is 1.31. The average Bonchev–Trinajstić information content (AvgIpc) is 2.82. The highest BCUT2D eigenvalue weighted by Gasteiger charge is 2.32. The number of piperazine rings is 1. The molecular weight excluding hydrogens is 449 g/mol. The second kappa shape index (κ2) is 10.0. The van der Waals surface area contributed by atoms with Crippen LogP contribution in [0.5, 0.6) is 0 Å². The summed E-state index contributed by atoms with van der Waals surface area (Å²) in [5.41, 5.74) is 0.825. The fraction of sp³-hybridized carbons (Fsp3) is 0.333. The highest BCUT2D eigenvalue weighted by atomic mass is 32.2. The van der Waals surface area contributed by atoms with Gasteiger partial charge in [-0.3, -0.25) is 9.78 Å². The van der Waals surface area contributed by atoms with Crippen LogP contribution in [-0.2, 0) is 11.0 Å². The van der Waals surface area contributed by atoms with Crippen molar-refractivity contribution in [2.45, 2.75) is 18.0 Å². The van der Waals surface area contributed by atoms with Crippen molar-refractivity contribution in [1.29, 1.82) is 0 Å². The number of rotatable bonds is 6. The largest absolute Gasteiger partial charge is 0.416 e. The number of hydrogen-bond donors (Lipinski definition) is 1. The van der Waals surface area contributed by atoms with E-state index >= 15 is 0 Å². The Hall–Kier alpha value is -2.78. The van der Waals surface area contributed by atoms with Crippen LogP contribution in [-0.4, -0.2) is 54.3 Å². The highest BCUT2D eigenvalue weighted by molar-refractivity contribution is 8.00. The molecular formula is C24H25F3N4OS. The number of thioether (sulfide) groups is 1. The Kier molecular flexibility index (Phi) is 7.09. The molecule has 0 radical (unpaired) electrons. The molecule has 0 unspecified atom stereocenters. The molecule has 0 aliphatic carbocycles. The standard InChI is InChI=1S/C24H25F3N4OS/c1-2-30-11-13-31(14-12-30)20-9-8-18(24(25,26)27)15-19(20)29-22(32)16-33-21-7-3-5-17-6-4-10-28-23(17)21/h3-10,15H,2,11-14,16H2,1H3,(H,29,32). The Labute approximate surface area is 195 Å². The van der Waals surface area contributed by atoms with Crippen molar-refractivity contribution in [2.24, 2.45) is 0 Å². The number of likely N-dealkylation sites (N-methyl/N-ethyl adjacent to an activating group) is 1. The molecule has 1 aliphatic heterocycles. The molecule has 1 N–H and O–H groups in total. The Morgan fingerprint density at radius 3 is 2.58 bits per heavy atom. The maximum atomic E-state index is 13.4. The molecule has 1 aromatic heterocycles. The van der Waals surface area contributed by atoms with E-state index in [-0.39, 0.29) is 17.3 Å². The molecule has 2 heterocycles. The van der Waals surface area contributed by atoms with Crippen molar-refractivity contribution in [3.05, 3.63) is 60.3 Å². The lowest BCUT2D eigenvalue weighted by molar-refractivity contribution is -0.137. The Morgan fingerprint density at radius 1 is 1.09 bits per heavy atom. The van der Waals surface area contributed by atoms with Gasteiger partial charge in [0.05, 0.1) is 28.2 Å². The van der Waals surface area contributed by atoms with E-state index in [9.17, 15) is 18.0 Å². The number of nitrogens with one attached hydrogen (secondary N) is 1. The van der Waals surface area contributed by atoms with Crippen molar-refractivity contribution in [1.82, 2.24) is 9.88 Å². The number of anilines is 2. The molecule has 4 rings (SSSR count). The van der Waals surface area contributed by atoms with E-state index in [0.29, 0.717) is 18.8 Å². The number of fused-ring (bicyclic) bond motifs is 1. The minimum atomic E-state index is -4.48. The maximum absolute atomic E-state index is 13.4. The summed E-state index contributed by atoms with van der Waals surface area (Å²) in [5, 5.41) is 3.70.